The third-order valence-electron chi connectivity index (χ3n) is 6.00. The SMILES string of the molecule is CC=C(SCC)C(=O)NCC(NC(=O)c1c(C)nc(NCC=Cc2cccc(OCc3ccccc3)n2)nc1C)C(=O)O. The van der Waals surface area contributed by atoms with Crippen molar-refractivity contribution in [3.05, 3.63) is 93.8 Å². The van der Waals surface area contributed by atoms with Crippen LogP contribution in [0.2, 0.25) is 0 Å². The summed E-state index contributed by atoms with van der Waals surface area (Å²) in [6.45, 7) is 7.48. The van der Waals surface area contributed by atoms with E-state index >= 15 is 0 Å². The minimum absolute atomic E-state index is 0.172. The molecule has 0 aliphatic rings. The number of carboxylic acid groups (broad SMARTS) is 1. The molecule has 226 valence electrons. The zero-order valence-electron chi connectivity index (χ0n) is 24.6. The Morgan fingerprint density at radius 1 is 1.02 bits per heavy atom. The van der Waals surface area contributed by atoms with Gasteiger partial charge in [0.1, 0.15) is 12.6 Å². The second kappa shape index (κ2) is 16.7. The zero-order valence-corrected chi connectivity index (χ0v) is 25.4. The summed E-state index contributed by atoms with van der Waals surface area (Å²) in [5.41, 5.74) is 2.71. The number of thioether (sulfide) groups is 1. The van der Waals surface area contributed by atoms with Gasteiger partial charge in [-0.05, 0) is 44.2 Å². The molecule has 4 N–H and O–H groups in total. The summed E-state index contributed by atoms with van der Waals surface area (Å²) >= 11 is 1.35. The molecule has 0 aliphatic carbocycles. The van der Waals surface area contributed by atoms with E-state index in [1.807, 2.05) is 61.5 Å². The molecule has 0 bridgehead atoms. The van der Waals surface area contributed by atoms with Crippen LogP contribution in [0.1, 0.15) is 46.9 Å². The van der Waals surface area contributed by atoms with Crippen LogP contribution in [0.25, 0.3) is 6.08 Å². The minimum Gasteiger partial charge on any atom is -0.480 e. The van der Waals surface area contributed by atoms with Crippen molar-refractivity contribution in [2.24, 2.45) is 0 Å². The number of aliphatic carboxylic acids is 1. The van der Waals surface area contributed by atoms with E-state index in [1.54, 1.807) is 32.9 Å². The molecule has 3 aromatic rings. The van der Waals surface area contributed by atoms with Crippen LogP contribution in [0, 0.1) is 13.8 Å². The number of rotatable bonds is 15. The summed E-state index contributed by atoms with van der Waals surface area (Å²) in [5, 5.41) is 17.7. The summed E-state index contributed by atoms with van der Waals surface area (Å²) in [6.07, 6.45) is 5.36. The van der Waals surface area contributed by atoms with Crippen molar-refractivity contribution in [1.82, 2.24) is 25.6 Å². The van der Waals surface area contributed by atoms with Crippen LogP contribution in [-0.2, 0) is 16.2 Å². The summed E-state index contributed by atoms with van der Waals surface area (Å²) in [5.74, 6) is -0.774. The van der Waals surface area contributed by atoms with Crippen LogP contribution in [0.3, 0.4) is 0 Å². The van der Waals surface area contributed by atoms with Crippen molar-refractivity contribution in [3.63, 3.8) is 0 Å². The molecule has 0 saturated heterocycles. The van der Waals surface area contributed by atoms with E-state index in [1.165, 1.54) is 11.8 Å². The molecule has 0 radical (unpaired) electrons. The van der Waals surface area contributed by atoms with Gasteiger partial charge in [-0.25, -0.2) is 19.7 Å². The Bertz CT molecular complexity index is 1460. The molecule has 0 saturated carbocycles. The number of allylic oxidation sites excluding steroid dienone is 1. The van der Waals surface area contributed by atoms with Gasteiger partial charge in [0.2, 0.25) is 11.8 Å². The molecular formula is C31H36N6O5S. The molecule has 1 unspecified atom stereocenters. The topological polar surface area (TPSA) is 155 Å². The maximum Gasteiger partial charge on any atom is 0.328 e. The lowest BCUT2D eigenvalue weighted by molar-refractivity contribution is -0.139. The average Bonchev–Trinajstić information content (AvgIpc) is 2.99. The molecule has 1 aromatic carbocycles. The second-order valence-electron chi connectivity index (χ2n) is 9.21. The maximum absolute atomic E-state index is 13.0. The number of ether oxygens (including phenoxy) is 1. The smallest absolute Gasteiger partial charge is 0.328 e. The largest absolute Gasteiger partial charge is 0.480 e. The first-order valence-corrected chi connectivity index (χ1v) is 14.7. The van der Waals surface area contributed by atoms with Crippen molar-refractivity contribution in [2.45, 2.75) is 40.3 Å². The number of pyridine rings is 1. The lowest BCUT2D eigenvalue weighted by Crippen LogP contribution is -2.48. The lowest BCUT2D eigenvalue weighted by atomic mass is 10.1. The molecule has 2 aromatic heterocycles. The highest BCUT2D eigenvalue weighted by Gasteiger charge is 2.25. The standard InChI is InChI=1S/C31H36N6O5S/c1-5-25(43-6-2)28(38)33-18-24(30(40)41)37-29(39)27-20(3)34-31(35-21(27)4)32-17-11-15-23-14-10-16-26(36-23)42-19-22-12-8-7-9-13-22/h5,7-16,24H,6,17-19H2,1-4H3,(H,33,38)(H,37,39)(H,40,41)(H,32,34,35). The number of anilines is 1. The highest BCUT2D eigenvalue weighted by atomic mass is 32.2. The van der Waals surface area contributed by atoms with Crippen LogP contribution in [0.15, 0.2) is 65.6 Å². The van der Waals surface area contributed by atoms with Gasteiger partial charge in [-0.2, -0.15) is 0 Å². The highest BCUT2D eigenvalue weighted by Crippen LogP contribution is 2.16. The third-order valence-corrected chi connectivity index (χ3v) is 7.02. The van der Waals surface area contributed by atoms with Crippen LogP contribution in [-0.4, -0.2) is 62.7 Å². The summed E-state index contributed by atoms with van der Waals surface area (Å²) < 4.78 is 5.78. The van der Waals surface area contributed by atoms with Gasteiger partial charge < -0.3 is 25.8 Å². The van der Waals surface area contributed by atoms with Gasteiger partial charge in [-0.15, -0.1) is 11.8 Å². The molecule has 12 heteroatoms. The molecule has 0 aliphatic heterocycles. The van der Waals surface area contributed by atoms with Crippen LogP contribution in [0.5, 0.6) is 5.88 Å². The number of nitrogens with zero attached hydrogens (tertiary/aromatic N) is 3. The number of nitrogens with one attached hydrogen (secondary N) is 3. The number of aromatic nitrogens is 3. The summed E-state index contributed by atoms with van der Waals surface area (Å²) in [7, 11) is 0. The Labute approximate surface area is 255 Å². The Hall–Kier alpha value is -4.71. The van der Waals surface area contributed by atoms with E-state index in [-0.39, 0.29) is 12.1 Å². The van der Waals surface area contributed by atoms with Gasteiger partial charge in [0.05, 0.1) is 27.6 Å². The number of hydrogen-bond acceptors (Lipinski definition) is 9. The Morgan fingerprint density at radius 3 is 2.40 bits per heavy atom. The maximum atomic E-state index is 13.0. The van der Waals surface area contributed by atoms with E-state index in [9.17, 15) is 19.5 Å². The quantitative estimate of drug-likeness (QED) is 0.186. The van der Waals surface area contributed by atoms with Crippen molar-refractivity contribution >= 4 is 41.6 Å². The van der Waals surface area contributed by atoms with E-state index in [2.05, 4.69) is 30.9 Å². The van der Waals surface area contributed by atoms with Gasteiger partial charge in [-0.1, -0.05) is 55.5 Å². The molecule has 0 spiro atoms. The van der Waals surface area contributed by atoms with Crippen LogP contribution in [0.4, 0.5) is 5.95 Å². The predicted octanol–water partition coefficient (Wildman–Crippen LogP) is 4.15. The third kappa shape index (κ3) is 10.3. The van der Waals surface area contributed by atoms with Gasteiger partial charge in [0.25, 0.3) is 11.8 Å². The number of amides is 2. The first-order chi connectivity index (χ1) is 20.7. The number of carboxylic acids is 1. The van der Waals surface area contributed by atoms with Crippen molar-refractivity contribution < 1.29 is 24.2 Å². The summed E-state index contributed by atoms with van der Waals surface area (Å²) in [6, 6.07) is 14.1. The fraction of sp³-hybridized carbons (Fsp3) is 0.290. The van der Waals surface area contributed by atoms with Gasteiger partial charge in [0.15, 0.2) is 0 Å². The normalized spacial score (nSPS) is 12.0. The van der Waals surface area contributed by atoms with Gasteiger partial charge in [-0.3, -0.25) is 9.59 Å². The molecule has 1 atom stereocenters. The molecule has 3 rings (SSSR count). The van der Waals surface area contributed by atoms with Gasteiger partial charge in [0, 0.05) is 19.2 Å². The number of carbonyl (C=O) groups excluding carboxylic acids is 2. The fourth-order valence-corrected chi connectivity index (χ4v) is 4.62. The molecule has 2 amide bonds. The fourth-order valence-electron chi connectivity index (χ4n) is 3.94. The van der Waals surface area contributed by atoms with Crippen molar-refractivity contribution in [3.8, 4) is 5.88 Å². The van der Waals surface area contributed by atoms with E-state index in [0.29, 0.717) is 47.0 Å². The van der Waals surface area contributed by atoms with Crippen LogP contribution < -0.4 is 20.7 Å². The Kier molecular flexibility index (Phi) is 12.7. The number of aryl methyl sites for hydroxylation is 2. The summed E-state index contributed by atoms with van der Waals surface area (Å²) in [4.78, 5) is 50.8. The minimum atomic E-state index is -1.33. The van der Waals surface area contributed by atoms with E-state index in [0.717, 1.165) is 11.3 Å². The van der Waals surface area contributed by atoms with E-state index in [4.69, 9.17) is 4.74 Å². The first-order valence-electron chi connectivity index (χ1n) is 13.7. The van der Waals surface area contributed by atoms with E-state index < -0.39 is 23.8 Å². The highest BCUT2D eigenvalue weighted by molar-refractivity contribution is 8.03. The number of hydrogen-bond donors (Lipinski definition) is 4. The number of benzene rings is 1. The zero-order chi connectivity index (χ0) is 31.2. The Balaban J connectivity index is 1.56. The molecule has 43 heavy (non-hydrogen) atoms. The predicted molar refractivity (Wildman–Crippen MR) is 168 cm³/mol. The average molecular weight is 605 g/mol. The molecule has 11 nitrogen and oxygen atoms in total. The molecule has 2 heterocycles. The Morgan fingerprint density at radius 2 is 1.74 bits per heavy atom. The van der Waals surface area contributed by atoms with Gasteiger partial charge >= 0.3 is 5.97 Å². The number of carbonyl (C=O) groups is 3. The monoisotopic (exact) mass is 604 g/mol. The lowest BCUT2D eigenvalue weighted by Gasteiger charge is -2.17. The van der Waals surface area contributed by atoms with Crippen LogP contribution >= 0.6 is 11.8 Å². The molecular weight excluding hydrogens is 568 g/mol. The second-order valence-corrected chi connectivity index (χ2v) is 10.5. The first kappa shape index (κ1) is 32.8. The van der Waals surface area contributed by atoms with Crippen molar-refractivity contribution in [2.75, 3.05) is 24.2 Å². The van der Waals surface area contributed by atoms with Crippen molar-refractivity contribution in [1.29, 1.82) is 0 Å². The molecule has 0 fully saturated rings.